The minimum Gasteiger partial charge on any atom is -0.444 e. The van der Waals surface area contributed by atoms with Gasteiger partial charge in [0.25, 0.3) is 0 Å². The fourth-order valence-corrected chi connectivity index (χ4v) is 2.09. The summed E-state index contributed by atoms with van der Waals surface area (Å²) >= 11 is 0. The number of carbonyl (C=O) groups is 2. The summed E-state index contributed by atoms with van der Waals surface area (Å²) in [7, 11) is 0. The third-order valence-electron chi connectivity index (χ3n) is 3.04. The average molecular weight is 286 g/mol. The van der Waals surface area contributed by atoms with Gasteiger partial charge in [0.2, 0.25) is 5.91 Å². The number of ether oxygens (including phenoxy) is 1. The van der Waals surface area contributed by atoms with Crippen molar-refractivity contribution in [2.24, 2.45) is 0 Å². The van der Waals surface area contributed by atoms with Gasteiger partial charge >= 0.3 is 6.09 Å². The lowest BCUT2D eigenvalue weighted by molar-refractivity contribution is -0.125. The van der Waals surface area contributed by atoms with Crippen molar-refractivity contribution in [3.05, 3.63) is 0 Å². The Bertz CT molecular complexity index is 352. The number of aliphatic hydroxyl groups is 1. The number of nitrogens with one attached hydrogen (secondary N) is 1. The molecule has 1 heterocycles. The number of hydrogen-bond acceptors (Lipinski definition) is 4. The molecule has 1 saturated heterocycles. The molecule has 0 radical (unpaired) electrons. The van der Waals surface area contributed by atoms with Crippen LogP contribution in [0.4, 0.5) is 4.79 Å². The molecular weight excluding hydrogens is 260 g/mol. The Morgan fingerprint density at radius 1 is 1.40 bits per heavy atom. The molecule has 2 atom stereocenters. The number of likely N-dealkylation sites (tertiary alicyclic amines) is 1. The largest absolute Gasteiger partial charge is 0.444 e. The van der Waals surface area contributed by atoms with Crippen LogP contribution in [0.3, 0.4) is 0 Å². The first-order valence-corrected chi connectivity index (χ1v) is 7.20. The fraction of sp³-hybridized carbons (Fsp3) is 0.857. The monoisotopic (exact) mass is 286 g/mol. The van der Waals surface area contributed by atoms with Gasteiger partial charge in [-0.15, -0.1) is 0 Å². The summed E-state index contributed by atoms with van der Waals surface area (Å²) in [5.41, 5.74) is -0.617. The Morgan fingerprint density at radius 3 is 2.60 bits per heavy atom. The van der Waals surface area contributed by atoms with E-state index in [-0.39, 0.29) is 18.9 Å². The van der Waals surface area contributed by atoms with Crippen LogP contribution >= 0.6 is 0 Å². The number of aliphatic hydroxyl groups excluding tert-OH is 1. The molecular formula is C14H26N2O4. The second-order valence-corrected chi connectivity index (χ2v) is 6.18. The van der Waals surface area contributed by atoms with Gasteiger partial charge in [-0.3, -0.25) is 9.69 Å². The Kier molecular flexibility index (Phi) is 5.80. The maximum atomic E-state index is 12.1. The van der Waals surface area contributed by atoms with Crippen molar-refractivity contribution in [3.8, 4) is 0 Å². The van der Waals surface area contributed by atoms with Crippen LogP contribution in [-0.2, 0) is 9.53 Å². The fourth-order valence-electron chi connectivity index (χ4n) is 2.09. The first-order valence-electron chi connectivity index (χ1n) is 7.20. The molecule has 0 aromatic carbocycles. The third kappa shape index (κ3) is 5.00. The lowest BCUT2D eigenvalue weighted by Gasteiger charge is -2.27. The zero-order valence-electron chi connectivity index (χ0n) is 12.8. The van der Waals surface area contributed by atoms with Gasteiger partial charge < -0.3 is 15.2 Å². The molecule has 1 fully saturated rings. The Morgan fingerprint density at radius 2 is 2.05 bits per heavy atom. The average Bonchev–Trinajstić information content (AvgIpc) is 2.69. The Balaban J connectivity index is 2.63. The van der Waals surface area contributed by atoms with E-state index in [9.17, 15) is 14.7 Å². The molecule has 2 amide bonds. The van der Waals surface area contributed by atoms with Crippen molar-refractivity contribution in [1.29, 1.82) is 0 Å². The molecule has 2 unspecified atom stereocenters. The van der Waals surface area contributed by atoms with E-state index in [1.165, 1.54) is 4.90 Å². The summed E-state index contributed by atoms with van der Waals surface area (Å²) < 4.78 is 5.27. The Hall–Kier alpha value is -1.30. The second kappa shape index (κ2) is 6.92. The van der Waals surface area contributed by atoms with Crippen molar-refractivity contribution in [2.75, 3.05) is 13.1 Å². The van der Waals surface area contributed by atoms with Crippen LogP contribution in [0, 0.1) is 0 Å². The minimum atomic E-state index is -0.676. The predicted molar refractivity (Wildman–Crippen MR) is 75.3 cm³/mol. The first-order chi connectivity index (χ1) is 9.24. The zero-order chi connectivity index (χ0) is 15.3. The molecule has 0 aromatic heterocycles. The van der Waals surface area contributed by atoms with Gasteiger partial charge in [0.05, 0.1) is 12.6 Å². The van der Waals surface area contributed by atoms with Gasteiger partial charge in [0.1, 0.15) is 11.6 Å². The molecule has 0 spiro atoms. The Labute approximate surface area is 120 Å². The van der Waals surface area contributed by atoms with Crippen LogP contribution in [0.2, 0.25) is 0 Å². The summed E-state index contributed by atoms with van der Waals surface area (Å²) in [5.74, 6) is -0.221. The van der Waals surface area contributed by atoms with Gasteiger partial charge in [-0.25, -0.2) is 4.79 Å². The van der Waals surface area contributed by atoms with E-state index in [0.29, 0.717) is 6.54 Å². The first kappa shape index (κ1) is 16.8. The van der Waals surface area contributed by atoms with Crippen molar-refractivity contribution in [1.82, 2.24) is 10.2 Å². The lowest BCUT2D eigenvalue weighted by Crippen LogP contribution is -2.47. The summed E-state index contributed by atoms with van der Waals surface area (Å²) in [6.45, 7) is 8.08. The molecule has 1 aliphatic heterocycles. The highest BCUT2D eigenvalue weighted by Crippen LogP contribution is 2.21. The van der Waals surface area contributed by atoms with Crippen molar-refractivity contribution in [2.45, 2.75) is 64.7 Å². The number of nitrogens with zero attached hydrogens (tertiary/aromatic N) is 1. The molecule has 0 saturated carbocycles. The highest BCUT2D eigenvalue weighted by Gasteiger charge is 2.40. The highest BCUT2D eigenvalue weighted by molar-refractivity contribution is 5.86. The number of hydrogen-bond donors (Lipinski definition) is 2. The number of β-amino-alcohol motifs (C(OH)–C–C–N with tert-alkyl or cyclic N) is 1. The van der Waals surface area contributed by atoms with Crippen LogP contribution < -0.4 is 5.32 Å². The summed E-state index contributed by atoms with van der Waals surface area (Å²) in [4.78, 5) is 25.5. The quantitative estimate of drug-likeness (QED) is 0.763. The molecule has 0 aromatic rings. The van der Waals surface area contributed by atoms with E-state index >= 15 is 0 Å². The molecule has 0 aliphatic carbocycles. The summed E-state index contributed by atoms with van der Waals surface area (Å²) in [5, 5.41) is 12.5. The van der Waals surface area contributed by atoms with Gasteiger partial charge in [0, 0.05) is 13.0 Å². The van der Waals surface area contributed by atoms with Crippen molar-refractivity contribution in [3.63, 3.8) is 0 Å². The maximum absolute atomic E-state index is 12.1. The van der Waals surface area contributed by atoms with Gasteiger partial charge in [-0.05, 0) is 27.2 Å². The second-order valence-electron chi connectivity index (χ2n) is 6.18. The van der Waals surface area contributed by atoms with E-state index in [0.717, 1.165) is 12.8 Å². The molecule has 0 bridgehead atoms. The van der Waals surface area contributed by atoms with E-state index in [2.05, 4.69) is 5.32 Å². The number of amides is 2. The van der Waals surface area contributed by atoms with Crippen LogP contribution in [0.15, 0.2) is 0 Å². The van der Waals surface area contributed by atoms with E-state index in [1.807, 2.05) is 6.92 Å². The molecule has 116 valence electrons. The van der Waals surface area contributed by atoms with E-state index in [4.69, 9.17) is 4.74 Å². The number of rotatable bonds is 4. The number of carbonyl (C=O) groups excluding carboxylic acids is 2. The number of unbranched alkanes of at least 4 members (excludes halogenated alkanes) is 1. The maximum Gasteiger partial charge on any atom is 0.411 e. The van der Waals surface area contributed by atoms with Gasteiger partial charge in [0.15, 0.2) is 0 Å². The normalized spacial score (nSPS) is 22.8. The van der Waals surface area contributed by atoms with Gasteiger partial charge in [-0.2, -0.15) is 0 Å². The molecule has 2 N–H and O–H groups in total. The molecule has 1 rings (SSSR count). The minimum absolute atomic E-state index is 0.140. The standard InChI is InChI=1S/C14H26N2O4/c1-5-6-7-15-12(18)11-8-10(17)9-16(11)13(19)20-14(2,3)4/h10-11,17H,5-9H2,1-4H3,(H,15,18). The molecule has 20 heavy (non-hydrogen) atoms. The zero-order valence-corrected chi connectivity index (χ0v) is 12.8. The smallest absolute Gasteiger partial charge is 0.411 e. The summed E-state index contributed by atoms with van der Waals surface area (Å²) in [6, 6.07) is -0.642. The predicted octanol–water partition coefficient (Wildman–Crippen LogP) is 1.27. The van der Waals surface area contributed by atoms with E-state index < -0.39 is 23.8 Å². The van der Waals surface area contributed by atoms with Crippen molar-refractivity contribution >= 4 is 12.0 Å². The molecule has 1 aliphatic rings. The van der Waals surface area contributed by atoms with Crippen molar-refractivity contribution < 1.29 is 19.4 Å². The topological polar surface area (TPSA) is 78.9 Å². The van der Waals surface area contributed by atoms with Crippen LogP contribution in [0.1, 0.15) is 47.0 Å². The molecule has 6 heteroatoms. The van der Waals surface area contributed by atoms with Crippen LogP contribution in [0.5, 0.6) is 0 Å². The van der Waals surface area contributed by atoms with Crippen LogP contribution in [0.25, 0.3) is 0 Å². The lowest BCUT2D eigenvalue weighted by atomic mass is 10.2. The third-order valence-corrected chi connectivity index (χ3v) is 3.04. The molecule has 6 nitrogen and oxygen atoms in total. The van der Waals surface area contributed by atoms with Crippen LogP contribution in [-0.4, -0.2) is 52.8 Å². The summed E-state index contributed by atoms with van der Waals surface area (Å²) in [6.07, 6.45) is 0.919. The van der Waals surface area contributed by atoms with Gasteiger partial charge in [-0.1, -0.05) is 13.3 Å². The van der Waals surface area contributed by atoms with E-state index in [1.54, 1.807) is 20.8 Å². The highest BCUT2D eigenvalue weighted by atomic mass is 16.6. The SMILES string of the molecule is CCCCNC(=O)C1CC(O)CN1C(=O)OC(C)(C)C.